The Hall–Kier alpha value is -2.91. The monoisotopic (exact) mass is 399 g/mol. The molecule has 3 aromatic rings. The van der Waals surface area contributed by atoms with E-state index in [2.05, 4.69) is 10.0 Å². The van der Waals surface area contributed by atoms with Crippen LogP contribution in [0, 0.1) is 0 Å². The fourth-order valence-corrected chi connectivity index (χ4v) is 4.08. The summed E-state index contributed by atoms with van der Waals surface area (Å²) in [6, 6.07) is 13.0. The van der Waals surface area contributed by atoms with Crippen molar-refractivity contribution in [1.82, 2.24) is 13.9 Å². The highest BCUT2D eigenvalue weighted by Crippen LogP contribution is 2.38. The van der Waals surface area contributed by atoms with Crippen molar-refractivity contribution in [2.45, 2.75) is 12.3 Å². The van der Waals surface area contributed by atoms with Crippen molar-refractivity contribution < 1.29 is 13.2 Å². The van der Waals surface area contributed by atoms with Crippen molar-refractivity contribution in [2.24, 2.45) is 7.05 Å². The average molecular weight is 399 g/mol. The summed E-state index contributed by atoms with van der Waals surface area (Å²) in [7, 11) is 1.21. The highest BCUT2D eigenvalue weighted by atomic mass is 32.2. The van der Waals surface area contributed by atoms with Crippen LogP contribution in [0.3, 0.4) is 0 Å². The largest absolute Gasteiger partial charge is 0.331 e. The highest BCUT2D eigenvalue weighted by molar-refractivity contribution is 7.90. The number of benzene rings is 2. The molecular weight excluding hydrogens is 378 g/mol. The number of aromatic nitrogens is 2. The van der Waals surface area contributed by atoms with Crippen molar-refractivity contribution in [2.75, 3.05) is 24.1 Å². The Bertz CT molecular complexity index is 1180. The maximum atomic E-state index is 12.3. The quantitative estimate of drug-likeness (QED) is 0.703. The normalized spacial score (nSPS) is 16.9. The van der Waals surface area contributed by atoms with Crippen molar-refractivity contribution in [3.8, 4) is 0 Å². The van der Waals surface area contributed by atoms with Crippen molar-refractivity contribution in [1.29, 1.82) is 0 Å². The third-order valence-corrected chi connectivity index (χ3v) is 6.41. The molecular formula is C19H21N5O3S. The molecule has 2 heterocycles. The molecule has 0 bridgehead atoms. The predicted octanol–water partition coefficient (Wildman–Crippen LogP) is 2.27. The maximum Gasteiger partial charge on any atom is 0.301 e. The summed E-state index contributed by atoms with van der Waals surface area (Å²) in [4.78, 5) is 17.1. The number of aryl methyl sites for hydroxylation is 1. The van der Waals surface area contributed by atoms with Gasteiger partial charge in [0.2, 0.25) is 5.91 Å². The molecule has 2 N–H and O–H groups in total. The third kappa shape index (κ3) is 3.12. The summed E-state index contributed by atoms with van der Waals surface area (Å²) in [5.74, 6) is 0.469. The molecule has 1 aromatic heterocycles. The van der Waals surface area contributed by atoms with E-state index in [1.54, 1.807) is 12.1 Å². The highest BCUT2D eigenvalue weighted by Gasteiger charge is 2.30. The summed E-state index contributed by atoms with van der Waals surface area (Å²) in [6.45, 7) is 0. The van der Waals surface area contributed by atoms with E-state index in [0.29, 0.717) is 11.4 Å². The van der Waals surface area contributed by atoms with Gasteiger partial charge < -0.3 is 9.88 Å². The topological polar surface area (TPSA) is 96.3 Å². The lowest BCUT2D eigenvalue weighted by Gasteiger charge is -2.26. The number of imidazole rings is 1. The first-order valence-corrected chi connectivity index (χ1v) is 10.3. The number of nitrogens with one attached hydrogen (secondary N) is 2. The van der Waals surface area contributed by atoms with Gasteiger partial charge >= 0.3 is 10.2 Å². The minimum absolute atomic E-state index is 0.128. The smallest absolute Gasteiger partial charge is 0.301 e. The minimum atomic E-state index is -3.63. The Labute approximate surface area is 163 Å². The Morgan fingerprint density at radius 3 is 2.68 bits per heavy atom. The van der Waals surface area contributed by atoms with Gasteiger partial charge in [0.25, 0.3) is 0 Å². The number of hydrogen-bond donors (Lipinski definition) is 2. The van der Waals surface area contributed by atoms with E-state index in [-0.39, 0.29) is 18.2 Å². The molecule has 8 nitrogen and oxygen atoms in total. The summed E-state index contributed by atoms with van der Waals surface area (Å²) in [5, 5.41) is 2.84. The summed E-state index contributed by atoms with van der Waals surface area (Å²) >= 11 is 0. The molecule has 0 fully saturated rings. The molecule has 146 valence electrons. The first kappa shape index (κ1) is 18.5. The van der Waals surface area contributed by atoms with Crippen LogP contribution in [0.2, 0.25) is 0 Å². The van der Waals surface area contributed by atoms with Gasteiger partial charge in [-0.05, 0) is 29.8 Å². The third-order valence-electron chi connectivity index (χ3n) is 4.95. The first-order valence-electron chi connectivity index (χ1n) is 8.81. The van der Waals surface area contributed by atoms with E-state index in [0.717, 1.165) is 26.7 Å². The van der Waals surface area contributed by atoms with Crippen LogP contribution in [0.25, 0.3) is 11.0 Å². The zero-order chi connectivity index (χ0) is 20.1. The van der Waals surface area contributed by atoms with E-state index in [1.807, 2.05) is 41.9 Å². The molecule has 1 aliphatic rings. The van der Waals surface area contributed by atoms with Gasteiger partial charge in [-0.25, -0.2) is 4.98 Å². The second-order valence-corrected chi connectivity index (χ2v) is 8.90. The van der Waals surface area contributed by atoms with E-state index in [4.69, 9.17) is 4.98 Å². The summed E-state index contributed by atoms with van der Waals surface area (Å²) in [5.41, 5.74) is 3.76. The predicted molar refractivity (Wildman–Crippen MR) is 108 cm³/mol. The molecule has 0 saturated heterocycles. The van der Waals surface area contributed by atoms with E-state index in [1.165, 1.54) is 14.1 Å². The van der Waals surface area contributed by atoms with Gasteiger partial charge in [-0.1, -0.05) is 18.2 Å². The van der Waals surface area contributed by atoms with Crippen LogP contribution in [-0.4, -0.2) is 42.3 Å². The lowest BCUT2D eigenvalue weighted by molar-refractivity contribution is -0.116. The summed E-state index contributed by atoms with van der Waals surface area (Å²) in [6.07, 6.45) is 0.285. The van der Waals surface area contributed by atoms with Crippen LogP contribution < -0.4 is 10.0 Å². The number of carbonyl (C=O) groups is 1. The SMILES string of the molecule is CN(C)S(=O)(=O)Nc1ccc2c(c1)NC(=O)CC2c1nc2ccccc2n1C. The van der Waals surface area contributed by atoms with Crippen LogP contribution in [0.1, 0.15) is 23.7 Å². The first-order chi connectivity index (χ1) is 13.3. The molecule has 0 radical (unpaired) electrons. The molecule has 9 heteroatoms. The molecule has 1 amide bonds. The lowest BCUT2D eigenvalue weighted by atomic mass is 9.89. The zero-order valence-corrected chi connectivity index (χ0v) is 16.6. The fraction of sp³-hybridized carbons (Fsp3) is 0.263. The van der Waals surface area contributed by atoms with Crippen molar-refractivity contribution in [3.05, 3.63) is 53.9 Å². The number of fused-ring (bicyclic) bond motifs is 2. The maximum absolute atomic E-state index is 12.3. The summed E-state index contributed by atoms with van der Waals surface area (Å²) < 4.78 is 29.7. The van der Waals surface area contributed by atoms with Gasteiger partial charge in [-0.2, -0.15) is 12.7 Å². The second kappa shape index (κ2) is 6.61. The number of anilines is 2. The van der Waals surface area contributed by atoms with Gasteiger partial charge in [-0.3, -0.25) is 9.52 Å². The number of rotatable bonds is 4. The second-order valence-electron chi connectivity index (χ2n) is 7.01. The molecule has 2 aromatic carbocycles. The Kier molecular flexibility index (Phi) is 4.35. The molecule has 1 unspecified atom stereocenters. The number of para-hydroxylation sites is 2. The van der Waals surface area contributed by atoms with E-state index >= 15 is 0 Å². The van der Waals surface area contributed by atoms with Gasteiger partial charge in [0, 0.05) is 33.3 Å². The van der Waals surface area contributed by atoms with Crippen molar-refractivity contribution in [3.63, 3.8) is 0 Å². The van der Waals surface area contributed by atoms with Gasteiger partial charge in [0.05, 0.1) is 22.6 Å². The Morgan fingerprint density at radius 2 is 1.96 bits per heavy atom. The standard InChI is InChI=1S/C19H21N5O3S/c1-23(2)28(26,27)22-12-8-9-13-14(11-18(25)20-16(13)10-12)19-21-15-6-4-5-7-17(15)24(19)3/h4-10,14,22H,11H2,1-3H3,(H,20,25). The molecule has 28 heavy (non-hydrogen) atoms. The molecule has 0 saturated carbocycles. The molecule has 1 aliphatic heterocycles. The Balaban J connectivity index is 1.77. The van der Waals surface area contributed by atoms with Gasteiger partial charge in [0.1, 0.15) is 5.82 Å². The van der Waals surface area contributed by atoms with Gasteiger partial charge in [-0.15, -0.1) is 0 Å². The molecule has 0 spiro atoms. The number of hydrogen-bond acceptors (Lipinski definition) is 4. The minimum Gasteiger partial charge on any atom is -0.331 e. The molecule has 1 atom stereocenters. The number of carbonyl (C=O) groups excluding carboxylic acids is 1. The average Bonchev–Trinajstić information content (AvgIpc) is 2.97. The molecule has 0 aliphatic carbocycles. The fourth-order valence-electron chi connectivity index (χ4n) is 3.47. The number of nitrogens with zero attached hydrogens (tertiary/aromatic N) is 3. The van der Waals surface area contributed by atoms with Crippen LogP contribution in [0.15, 0.2) is 42.5 Å². The molecule has 4 rings (SSSR count). The Morgan fingerprint density at radius 1 is 1.21 bits per heavy atom. The van der Waals surface area contributed by atoms with Crippen LogP contribution >= 0.6 is 0 Å². The van der Waals surface area contributed by atoms with Crippen LogP contribution in [-0.2, 0) is 22.1 Å². The van der Waals surface area contributed by atoms with E-state index in [9.17, 15) is 13.2 Å². The zero-order valence-electron chi connectivity index (χ0n) is 15.8. The van der Waals surface area contributed by atoms with Gasteiger partial charge in [0.15, 0.2) is 0 Å². The van der Waals surface area contributed by atoms with Crippen LogP contribution in [0.5, 0.6) is 0 Å². The lowest BCUT2D eigenvalue weighted by Crippen LogP contribution is -2.29. The van der Waals surface area contributed by atoms with Crippen molar-refractivity contribution >= 4 is 38.5 Å². The van der Waals surface area contributed by atoms with E-state index < -0.39 is 10.2 Å². The van der Waals surface area contributed by atoms with Crippen LogP contribution in [0.4, 0.5) is 11.4 Å². The number of amides is 1.